The van der Waals surface area contributed by atoms with E-state index >= 15 is 0 Å². The maximum absolute atomic E-state index is 10.7. The van der Waals surface area contributed by atoms with Gasteiger partial charge in [0.15, 0.2) is 0 Å². The number of hydrogen-bond donors (Lipinski definition) is 4. The summed E-state index contributed by atoms with van der Waals surface area (Å²) in [6.07, 6.45) is -1.06. The summed E-state index contributed by atoms with van der Waals surface area (Å²) in [4.78, 5) is 22.9. The van der Waals surface area contributed by atoms with Crippen LogP contribution in [-0.4, -0.2) is 74.8 Å². The van der Waals surface area contributed by atoms with Gasteiger partial charge in [-0.1, -0.05) is 0 Å². The maximum atomic E-state index is 10.7. The summed E-state index contributed by atoms with van der Waals surface area (Å²) in [5, 5.41) is 11.3. The fourth-order valence-corrected chi connectivity index (χ4v) is 4.52. The Kier molecular flexibility index (Phi) is 6.54. The van der Waals surface area contributed by atoms with Crippen LogP contribution >= 0.6 is 19.6 Å². The van der Waals surface area contributed by atoms with Crippen LogP contribution in [0.2, 0.25) is 0 Å². The van der Waals surface area contributed by atoms with Crippen LogP contribution in [0.3, 0.4) is 0 Å². The summed E-state index contributed by atoms with van der Waals surface area (Å²) < 4.78 is 18.5. The molecule has 2 aromatic heterocycles. The Bertz CT molecular complexity index is 798. The molecule has 3 atom stereocenters. The standard InChI is InChI=1S/C13H24BN6O5PS/c1-7-4-23-26(14,22)24-5-8(21)12(25-7)20-11-9(10(16)17-6-18-11)19-13(20)27-3-2-15/h6-8,12,21-22,26H,2-5,14-15H2,1H3,(H2,16,17,18)/t7-,8-,12+/m0/s1. The predicted octanol–water partition coefficient (Wildman–Crippen LogP) is -1.19. The number of thioether (sulfide) groups is 1. The van der Waals surface area contributed by atoms with E-state index in [1.807, 2.05) is 0 Å². The van der Waals surface area contributed by atoms with Gasteiger partial charge in [0.25, 0.3) is 0 Å². The first-order valence-electron chi connectivity index (χ1n) is 8.47. The van der Waals surface area contributed by atoms with Gasteiger partial charge in [-0.3, -0.25) is 0 Å². The molecule has 0 saturated carbocycles. The minimum absolute atomic E-state index is 0.122. The molecule has 27 heavy (non-hydrogen) atoms. The Morgan fingerprint density at radius 2 is 2.15 bits per heavy atom. The average molecular weight is 418 g/mol. The van der Waals surface area contributed by atoms with Crippen molar-refractivity contribution in [3.63, 3.8) is 0 Å². The first kappa shape index (κ1) is 20.7. The third-order valence-corrected chi connectivity index (χ3v) is 6.28. The molecule has 1 aliphatic heterocycles. The Labute approximate surface area is 161 Å². The zero-order valence-corrected chi connectivity index (χ0v) is 16.9. The SMILES string of the molecule is B[PH]1(O)OC[C@H](C)O[C@@H](n2c(SCCN)nc3c(N)ncnc32)[C@@H](O)CO1. The van der Waals surface area contributed by atoms with Crippen molar-refractivity contribution in [2.24, 2.45) is 5.73 Å². The fourth-order valence-electron chi connectivity index (χ4n) is 2.62. The van der Waals surface area contributed by atoms with E-state index in [1.165, 1.54) is 25.7 Å². The summed E-state index contributed by atoms with van der Waals surface area (Å²) in [6, 6.07) is 0. The molecule has 3 rings (SSSR count). The van der Waals surface area contributed by atoms with Crippen molar-refractivity contribution in [1.82, 2.24) is 19.5 Å². The molecule has 6 N–H and O–H groups in total. The van der Waals surface area contributed by atoms with Gasteiger partial charge in [-0.2, -0.15) is 0 Å². The molecule has 3 heterocycles. The van der Waals surface area contributed by atoms with Gasteiger partial charge in [0, 0.05) is 0 Å². The number of aliphatic hydroxyl groups is 1. The number of hydrogen-bond acceptors (Lipinski definition) is 11. The number of imidazole rings is 1. The van der Waals surface area contributed by atoms with Crippen LogP contribution in [0.1, 0.15) is 13.2 Å². The van der Waals surface area contributed by atoms with Crippen molar-refractivity contribution in [3.05, 3.63) is 6.33 Å². The topological polar surface area (TPSA) is 164 Å². The molecule has 11 nitrogen and oxygen atoms in total. The van der Waals surface area contributed by atoms with Crippen LogP contribution in [-0.2, 0) is 13.8 Å². The third-order valence-electron chi connectivity index (χ3n) is 3.89. The molecular formula is C13H24BN6O5PS. The van der Waals surface area contributed by atoms with E-state index in [9.17, 15) is 10.00 Å². The summed E-state index contributed by atoms with van der Waals surface area (Å²) >= 11 is 1.40. The number of nitrogens with zero attached hydrogens (tertiary/aromatic N) is 4. The third kappa shape index (κ3) is 4.69. The van der Waals surface area contributed by atoms with Crippen LogP contribution in [0.15, 0.2) is 11.5 Å². The number of fused-ring (bicyclic) bond motifs is 1. The first-order valence-corrected chi connectivity index (χ1v) is 11.7. The average Bonchev–Trinajstić information content (AvgIpc) is 3.01. The number of ether oxygens (including phenoxy) is 1. The molecule has 0 amide bonds. The summed E-state index contributed by atoms with van der Waals surface area (Å²) in [6.45, 7) is 2.19. The second-order valence-electron chi connectivity index (χ2n) is 6.26. The van der Waals surface area contributed by atoms with E-state index in [1.54, 1.807) is 11.5 Å². The molecule has 0 aliphatic carbocycles. The van der Waals surface area contributed by atoms with E-state index < -0.39 is 26.3 Å². The molecule has 1 aliphatic rings. The van der Waals surface area contributed by atoms with E-state index in [0.717, 1.165) is 0 Å². The quantitative estimate of drug-likeness (QED) is 0.268. The number of aromatic nitrogens is 4. The second kappa shape index (κ2) is 8.54. The van der Waals surface area contributed by atoms with Crippen LogP contribution in [0, 0.1) is 0 Å². The summed E-state index contributed by atoms with van der Waals surface area (Å²) in [5.74, 6) is 0.838. The van der Waals surface area contributed by atoms with Gasteiger partial charge >= 0.3 is 161 Å². The van der Waals surface area contributed by atoms with Gasteiger partial charge in [0.05, 0.1) is 0 Å². The molecule has 2 aromatic rings. The number of nitrogens with two attached hydrogens (primary N) is 2. The van der Waals surface area contributed by atoms with E-state index in [2.05, 4.69) is 15.0 Å². The Morgan fingerprint density at radius 3 is 2.89 bits per heavy atom. The number of rotatable bonds is 4. The van der Waals surface area contributed by atoms with Gasteiger partial charge in [-0.15, -0.1) is 0 Å². The van der Waals surface area contributed by atoms with E-state index in [4.69, 9.17) is 25.3 Å². The zero-order valence-electron chi connectivity index (χ0n) is 15.1. The first-order chi connectivity index (χ1) is 12.8. The molecule has 0 unspecified atom stereocenters. The second-order valence-corrected chi connectivity index (χ2v) is 9.69. The van der Waals surface area contributed by atoms with Gasteiger partial charge < -0.3 is 0 Å². The Hall–Kier alpha value is -1.05. The number of anilines is 1. The van der Waals surface area contributed by atoms with Crippen molar-refractivity contribution in [2.45, 2.75) is 30.5 Å². The van der Waals surface area contributed by atoms with Crippen LogP contribution in [0.4, 0.5) is 5.82 Å². The molecule has 0 spiro atoms. The van der Waals surface area contributed by atoms with E-state index in [-0.39, 0.29) is 19.0 Å². The van der Waals surface area contributed by atoms with Crippen molar-refractivity contribution in [3.8, 4) is 0 Å². The van der Waals surface area contributed by atoms with Gasteiger partial charge in [0.1, 0.15) is 0 Å². The van der Waals surface area contributed by atoms with Crippen molar-refractivity contribution >= 4 is 44.1 Å². The summed E-state index contributed by atoms with van der Waals surface area (Å²) in [7, 11) is -1.84. The summed E-state index contributed by atoms with van der Waals surface area (Å²) in [5.41, 5.74) is 12.4. The minimum atomic E-state index is -3.33. The molecule has 1 fully saturated rings. The van der Waals surface area contributed by atoms with Crippen molar-refractivity contribution < 1.29 is 23.8 Å². The molecule has 14 heteroatoms. The molecular weight excluding hydrogens is 394 g/mol. The van der Waals surface area contributed by atoms with Gasteiger partial charge in [-0.25, -0.2) is 0 Å². The molecule has 1 saturated heterocycles. The van der Waals surface area contributed by atoms with E-state index in [0.29, 0.717) is 28.6 Å². The van der Waals surface area contributed by atoms with Crippen LogP contribution in [0.5, 0.6) is 0 Å². The van der Waals surface area contributed by atoms with Crippen LogP contribution in [0.25, 0.3) is 11.2 Å². The van der Waals surface area contributed by atoms with Crippen LogP contribution < -0.4 is 11.5 Å². The zero-order chi connectivity index (χ0) is 19.6. The Balaban J connectivity index is 2.05. The van der Waals surface area contributed by atoms with Crippen molar-refractivity contribution in [1.29, 1.82) is 0 Å². The normalized spacial score (nSPS) is 27.6. The van der Waals surface area contributed by atoms with Gasteiger partial charge in [-0.05, 0) is 0 Å². The predicted molar refractivity (Wildman–Crippen MR) is 106 cm³/mol. The van der Waals surface area contributed by atoms with Crippen molar-refractivity contribution in [2.75, 3.05) is 31.2 Å². The molecule has 150 valence electrons. The number of nitrogen functional groups attached to an aromatic ring is 1. The molecule has 0 bridgehead atoms. The fraction of sp³-hybridized carbons (Fsp3) is 0.615. The Morgan fingerprint density at radius 1 is 1.41 bits per heavy atom. The number of aliphatic hydroxyl groups excluding tert-OH is 1. The van der Waals surface area contributed by atoms with Gasteiger partial charge in [0.2, 0.25) is 0 Å². The monoisotopic (exact) mass is 418 g/mol. The molecule has 0 aromatic carbocycles. The molecule has 0 radical (unpaired) electrons.